The molecule has 3 heterocycles. The summed E-state index contributed by atoms with van der Waals surface area (Å²) in [6.45, 7) is 3.90. The average Bonchev–Trinajstić information content (AvgIpc) is 3.06. The van der Waals surface area contributed by atoms with Crippen molar-refractivity contribution in [1.29, 1.82) is 0 Å². The molecule has 0 saturated heterocycles. The molecule has 0 amide bonds. The third kappa shape index (κ3) is 2.06. The number of nitrogens with one attached hydrogen (secondary N) is 1. The molecule has 0 bridgehead atoms. The van der Waals surface area contributed by atoms with E-state index in [0.29, 0.717) is 25.6 Å². The molecular formula is C14H16N4O2. The number of aromatic nitrogens is 3. The minimum Gasteiger partial charge on any atom is -0.360 e. The van der Waals surface area contributed by atoms with Crippen LogP contribution in [0.5, 0.6) is 0 Å². The Kier molecular flexibility index (Phi) is 2.53. The minimum absolute atomic E-state index is 0.0214. The van der Waals surface area contributed by atoms with Gasteiger partial charge in [-0.2, -0.15) is 0 Å². The molecule has 0 unspecified atom stereocenters. The summed E-state index contributed by atoms with van der Waals surface area (Å²) in [6.07, 6.45) is 2.28. The summed E-state index contributed by atoms with van der Waals surface area (Å²) in [4.78, 5) is 21.8. The van der Waals surface area contributed by atoms with Crippen LogP contribution in [0.3, 0.4) is 0 Å². The fourth-order valence-corrected chi connectivity index (χ4v) is 2.72. The molecule has 1 N–H and O–H groups in total. The van der Waals surface area contributed by atoms with E-state index in [4.69, 9.17) is 4.52 Å². The Morgan fingerprint density at radius 3 is 3.00 bits per heavy atom. The first kappa shape index (κ1) is 11.8. The minimum atomic E-state index is 0.0214. The van der Waals surface area contributed by atoms with Crippen molar-refractivity contribution >= 4 is 0 Å². The zero-order chi connectivity index (χ0) is 13.7. The van der Waals surface area contributed by atoms with Crippen molar-refractivity contribution in [1.82, 2.24) is 20.0 Å². The largest absolute Gasteiger partial charge is 0.360 e. The van der Waals surface area contributed by atoms with Crippen LogP contribution >= 0.6 is 0 Å². The second kappa shape index (κ2) is 4.28. The van der Waals surface area contributed by atoms with E-state index in [0.717, 1.165) is 41.4 Å². The number of fused-ring (bicyclic) bond motifs is 1. The Hall–Kier alpha value is -1.95. The number of aromatic amines is 1. The van der Waals surface area contributed by atoms with Gasteiger partial charge in [0.15, 0.2) is 5.76 Å². The SMILES string of the molecule is Cc1cc(CN2Cc3nc(C4CC4)[nH]c(=O)c3C2)on1. The van der Waals surface area contributed by atoms with Crippen LogP contribution in [-0.2, 0) is 19.6 Å². The van der Waals surface area contributed by atoms with Crippen molar-refractivity contribution in [2.24, 2.45) is 0 Å². The molecule has 1 aliphatic heterocycles. The molecule has 0 spiro atoms. The zero-order valence-corrected chi connectivity index (χ0v) is 11.3. The molecule has 1 fully saturated rings. The van der Waals surface area contributed by atoms with E-state index in [-0.39, 0.29) is 5.56 Å². The Balaban J connectivity index is 1.57. The van der Waals surface area contributed by atoms with Crippen LogP contribution in [0, 0.1) is 6.92 Å². The smallest absolute Gasteiger partial charge is 0.255 e. The zero-order valence-electron chi connectivity index (χ0n) is 11.3. The Morgan fingerprint density at radius 1 is 1.45 bits per heavy atom. The van der Waals surface area contributed by atoms with E-state index in [9.17, 15) is 4.79 Å². The van der Waals surface area contributed by atoms with Gasteiger partial charge < -0.3 is 9.51 Å². The van der Waals surface area contributed by atoms with Crippen LogP contribution in [0.1, 0.15) is 47.3 Å². The van der Waals surface area contributed by atoms with Crippen LogP contribution in [0.4, 0.5) is 0 Å². The van der Waals surface area contributed by atoms with E-state index in [1.807, 2.05) is 13.0 Å². The summed E-state index contributed by atoms with van der Waals surface area (Å²) in [5.74, 6) is 2.17. The lowest BCUT2D eigenvalue weighted by Gasteiger charge is -2.10. The van der Waals surface area contributed by atoms with E-state index < -0.39 is 0 Å². The van der Waals surface area contributed by atoms with Crippen LogP contribution in [0.25, 0.3) is 0 Å². The van der Waals surface area contributed by atoms with Crippen molar-refractivity contribution < 1.29 is 4.52 Å². The molecule has 6 nitrogen and oxygen atoms in total. The molecule has 0 radical (unpaired) electrons. The number of aryl methyl sites for hydroxylation is 1. The molecule has 0 atom stereocenters. The Labute approximate surface area is 115 Å². The highest BCUT2D eigenvalue weighted by atomic mass is 16.5. The number of nitrogens with zero attached hydrogens (tertiary/aromatic N) is 3. The lowest BCUT2D eigenvalue weighted by atomic mass is 10.2. The van der Waals surface area contributed by atoms with Gasteiger partial charge in [-0.3, -0.25) is 9.69 Å². The molecule has 2 aromatic heterocycles. The fraction of sp³-hybridized carbons (Fsp3) is 0.500. The second-order valence-corrected chi connectivity index (χ2v) is 5.73. The second-order valence-electron chi connectivity index (χ2n) is 5.73. The van der Waals surface area contributed by atoms with E-state index >= 15 is 0 Å². The van der Waals surface area contributed by atoms with Crippen molar-refractivity contribution in [3.8, 4) is 0 Å². The predicted molar refractivity (Wildman–Crippen MR) is 71.0 cm³/mol. The van der Waals surface area contributed by atoms with Crippen molar-refractivity contribution in [2.75, 3.05) is 0 Å². The van der Waals surface area contributed by atoms with Gasteiger partial charge in [0.25, 0.3) is 5.56 Å². The molecule has 0 aromatic carbocycles. The molecule has 2 aliphatic rings. The van der Waals surface area contributed by atoms with Gasteiger partial charge in [-0.15, -0.1) is 0 Å². The first-order chi connectivity index (χ1) is 9.69. The highest BCUT2D eigenvalue weighted by Gasteiger charge is 2.30. The summed E-state index contributed by atoms with van der Waals surface area (Å²) in [6, 6.07) is 1.93. The monoisotopic (exact) mass is 272 g/mol. The van der Waals surface area contributed by atoms with Crippen LogP contribution < -0.4 is 5.56 Å². The maximum Gasteiger partial charge on any atom is 0.255 e. The van der Waals surface area contributed by atoms with Gasteiger partial charge in [0.05, 0.1) is 23.5 Å². The van der Waals surface area contributed by atoms with Crippen LogP contribution in [-0.4, -0.2) is 20.0 Å². The molecule has 4 rings (SSSR count). The third-order valence-electron chi connectivity index (χ3n) is 3.89. The molecule has 1 saturated carbocycles. The third-order valence-corrected chi connectivity index (χ3v) is 3.89. The van der Waals surface area contributed by atoms with Crippen molar-refractivity contribution in [3.63, 3.8) is 0 Å². The van der Waals surface area contributed by atoms with Gasteiger partial charge in [-0.25, -0.2) is 4.98 Å². The maximum atomic E-state index is 12.1. The van der Waals surface area contributed by atoms with E-state index in [1.54, 1.807) is 0 Å². The highest BCUT2D eigenvalue weighted by molar-refractivity contribution is 5.24. The maximum absolute atomic E-state index is 12.1. The highest BCUT2D eigenvalue weighted by Crippen LogP contribution is 2.38. The standard InChI is InChI=1S/C14H16N4O2/c1-8-4-10(20-17-8)5-18-6-11-12(7-18)15-13(9-2-3-9)16-14(11)19/h4,9H,2-3,5-7H2,1H3,(H,15,16,19). The quantitative estimate of drug-likeness (QED) is 0.915. The summed E-state index contributed by atoms with van der Waals surface area (Å²) in [5.41, 5.74) is 2.62. The Morgan fingerprint density at radius 2 is 2.30 bits per heavy atom. The predicted octanol–water partition coefficient (Wildman–Crippen LogP) is 1.46. The lowest BCUT2D eigenvalue weighted by Crippen LogP contribution is -2.18. The number of hydrogen-bond donors (Lipinski definition) is 1. The molecule has 6 heteroatoms. The molecule has 20 heavy (non-hydrogen) atoms. The van der Waals surface area contributed by atoms with Gasteiger partial charge in [0.2, 0.25) is 0 Å². The van der Waals surface area contributed by atoms with E-state index in [2.05, 4.69) is 20.0 Å². The summed E-state index contributed by atoms with van der Waals surface area (Å²) >= 11 is 0. The number of rotatable bonds is 3. The van der Waals surface area contributed by atoms with Crippen LogP contribution in [0.2, 0.25) is 0 Å². The summed E-state index contributed by atoms with van der Waals surface area (Å²) in [7, 11) is 0. The summed E-state index contributed by atoms with van der Waals surface area (Å²) in [5, 5.41) is 3.89. The number of H-pyrrole nitrogens is 1. The van der Waals surface area contributed by atoms with Gasteiger partial charge in [0.1, 0.15) is 5.82 Å². The van der Waals surface area contributed by atoms with Crippen molar-refractivity contribution in [3.05, 3.63) is 45.0 Å². The fourth-order valence-electron chi connectivity index (χ4n) is 2.72. The van der Waals surface area contributed by atoms with Gasteiger partial charge >= 0.3 is 0 Å². The van der Waals surface area contributed by atoms with E-state index in [1.165, 1.54) is 0 Å². The van der Waals surface area contributed by atoms with Crippen LogP contribution in [0.15, 0.2) is 15.4 Å². The first-order valence-corrected chi connectivity index (χ1v) is 6.95. The van der Waals surface area contributed by atoms with Crippen molar-refractivity contribution in [2.45, 2.75) is 45.3 Å². The molecule has 2 aromatic rings. The summed E-state index contributed by atoms with van der Waals surface area (Å²) < 4.78 is 5.23. The topological polar surface area (TPSA) is 75.0 Å². The lowest BCUT2D eigenvalue weighted by molar-refractivity contribution is 0.234. The Bertz CT molecular complexity index is 714. The van der Waals surface area contributed by atoms with Gasteiger partial charge in [-0.1, -0.05) is 5.16 Å². The van der Waals surface area contributed by atoms with Gasteiger partial charge in [0, 0.05) is 25.1 Å². The molecule has 1 aliphatic carbocycles. The normalized spacial score (nSPS) is 18.4. The average molecular weight is 272 g/mol. The molecule has 104 valence electrons. The first-order valence-electron chi connectivity index (χ1n) is 6.95. The molecular weight excluding hydrogens is 256 g/mol. The number of hydrogen-bond acceptors (Lipinski definition) is 5. The van der Waals surface area contributed by atoms with Gasteiger partial charge in [-0.05, 0) is 19.8 Å².